The van der Waals surface area contributed by atoms with E-state index in [1.165, 1.54) is 4.90 Å². The minimum Gasteiger partial charge on any atom is -0.371 e. The van der Waals surface area contributed by atoms with E-state index in [1.54, 1.807) is 7.05 Å². The average molecular weight is 227 g/mol. The van der Waals surface area contributed by atoms with E-state index >= 15 is 0 Å². The number of imide groups is 1. The number of amides is 4. The molecule has 2 rings (SSSR count). The van der Waals surface area contributed by atoms with Crippen molar-refractivity contribution in [1.29, 1.82) is 0 Å². The summed E-state index contributed by atoms with van der Waals surface area (Å²) in [5.74, 6) is 0. The summed E-state index contributed by atoms with van der Waals surface area (Å²) in [5, 5.41) is 12.4. The fraction of sp³-hybridized carbons (Fsp3) is 0.800. The van der Waals surface area contributed by atoms with Crippen molar-refractivity contribution in [2.45, 2.75) is 38.0 Å². The van der Waals surface area contributed by atoms with E-state index in [9.17, 15) is 14.7 Å². The van der Waals surface area contributed by atoms with Crippen molar-refractivity contribution in [3.05, 3.63) is 0 Å². The Hall–Kier alpha value is -1.30. The fourth-order valence-electron chi connectivity index (χ4n) is 2.25. The highest BCUT2D eigenvalue weighted by atomic mass is 16.3. The number of likely N-dealkylation sites (N-methyl/N-ethyl adjacent to an activating group) is 1. The zero-order chi connectivity index (χ0) is 11.7. The standard InChI is InChI=1S/C10H17N3O3/c1-12-6-8(14)13(10(12)16)9(15)11-7-4-2-3-5-7/h7-8,14H,2-6H2,1H3,(H,11,15). The molecule has 4 amide bonds. The third-order valence-corrected chi connectivity index (χ3v) is 3.17. The highest BCUT2D eigenvalue weighted by Crippen LogP contribution is 2.19. The molecule has 0 bridgehead atoms. The second-order valence-corrected chi connectivity index (χ2v) is 4.44. The van der Waals surface area contributed by atoms with Gasteiger partial charge in [-0.2, -0.15) is 0 Å². The molecule has 1 atom stereocenters. The van der Waals surface area contributed by atoms with Crippen LogP contribution in [0.1, 0.15) is 25.7 Å². The van der Waals surface area contributed by atoms with Gasteiger partial charge in [0.05, 0.1) is 6.54 Å². The van der Waals surface area contributed by atoms with Crippen molar-refractivity contribution in [2.75, 3.05) is 13.6 Å². The van der Waals surface area contributed by atoms with Crippen LogP contribution < -0.4 is 5.32 Å². The number of aliphatic hydroxyl groups excluding tert-OH is 1. The number of aliphatic hydroxyl groups is 1. The Morgan fingerprint density at radius 2 is 2.06 bits per heavy atom. The third kappa shape index (κ3) is 1.97. The normalized spacial score (nSPS) is 26.6. The molecule has 1 aliphatic carbocycles. The highest BCUT2D eigenvalue weighted by molar-refractivity contribution is 5.95. The average Bonchev–Trinajstić information content (AvgIpc) is 2.77. The first-order chi connectivity index (χ1) is 7.59. The van der Waals surface area contributed by atoms with E-state index in [1.807, 2.05) is 0 Å². The van der Waals surface area contributed by atoms with Crippen LogP contribution in [0.4, 0.5) is 9.59 Å². The van der Waals surface area contributed by atoms with Gasteiger partial charge >= 0.3 is 12.1 Å². The predicted octanol–water partition coefficient (Wildman–Crippen LogP) is 0.324. The molecule has 1 aliphatic heterocycles. The molecule has 6 heteroatoms. The van der Waals surface area contributed by atoms with Crippen molar-refractivity contribution < 1.29 is 14.7 Å². The first-order valence-electron chi connectivity index (χ1n) is 5.62. The summed E-state index contributed by atoms with van der Waals surface area (Å²) in [5.41, 5.74) is 0. The molecule has 1 saturated carbocycles. The van der Waals surface area contributed by atoms with E-state index in [0.717, 1.165) is 30.6 Å². The van der Waals surface area contributed by atoms with E-state index in [4.69, 9.17) is 0 Å². The van der Waals surface area contributed by atoms with Gasteiger partial charge in [-0.3, -0.25) is 0 Å². The largest absolute Gasteiger partial charge is 0.371 e. The number of β-amino-alcohol motifs (C(OH)–C–C–N with tert-alkyl or cyclic N) is 1. The molecule has 2 aliphatic rings. The number of hydrogen-bond donors (Lipinski definition) is 2. The molecule has 6 nitrogen and oxygen atoms in total. The van der Waals surface area contributed by atoms with Crippen molar-refractivity contribution >= 4 is 12.1 Å². The van der Waals surface area contributed by atoms with Gasteiger partial charge in [0.2, 0.25) is 0 Å². The lowest BCUT2D eigenvalue weighted by Gasteiger charge is -2.20. The van der Waals surface area contributed by atoms with Crippen LogP contribution in [-0.4, -0.2) is 52.8 Å². The molecule has 2 N–H and O–H groups in total. The maximum Gasteiger partial charge on any atom is 0.330 e. The number of rotatable bonds is 1. The van der Waals surface area contributed by atoms with Crippen LogP contribution in [-0.2, 0) is 0 Å². The fourth-order valence-corrected chi connectivity index (χ4v) is 2.25. The molecule has 1 heterocycles. The molecule has 0 aromatic carbocycles. The smallest absolute Gasteiger partial charge is 0.330 e. The molecule has 90 valence electrons. The van der Waals surface area contributed by atoms with Crippen LogP contribution >= 0.6 is 0 Å². The van der Waals surface area contributed by atoms with Gasteiger partial charge in [0, 0.05) is 13.1 Å². The number of carbonyl (C=O) groups excluding carboxylic acids is 2. The number of urea groups is 2. The molecular weight excluding hydrogens is 210 g/mol. The highest BCUT2D eigenvalue weighted by Gasteiger charge is 2.39. The molecule has 16 heavy (non-hydrogen) atoms. The minimum atomic E-state index is -1.03. The minimum absolute atomic E-state index is 0.151. The van der Waals surface area contributed by atoms with Crippen LogP contribution in [0.2, 0.25) is 0 Å². The Bertz CT molecular complexity index is 302. The number of nitrogens with one attached hydrogen (secondary N) is 1. The Morgan fingerprint density at radius 1 is 1.44 bits per heavy atom. The van der Waals surface area contributed by atoms with Crippen LogP contribution in [0.15, 0.2) is 0 Å². The van der Waals surface area contributed by atoms with E-state index in [2.05, 4.69) is 5.32 Å². The van der Waals surface area contributed by atoms with Gasteiger partial charge in [-0.25, -0.2) is 14.5 Å². The van der Waals surface area contributed by atoms with Crippen molar-refractivity contribution in [2.24, 2.45) is 0 Å². The van der Waals surface area contributed by atoms with E-state index in [-0.39, 0.29) is 12.6 Å². The molecule has 0 spiro atoms. The molecule has 1 saturated heterocycles. The molecule has 0 aromatic heterocycles. The van der Waals surface area contributed by atoms with Gasteiger partial charge in [0.1, 0.15) is 0 Å². The summed E-state index contributed by atoms with van der Waals surface area (Å²) in [6.45, 7) is 0.178. The summed E-state index contributed by atoms with van der Waals surface area (Å²) in [4.78, 5) is 25.6. The van der Waals surface area contributed by atoms with E-state index in [0.29, 0.717) is 0 Å². The van der Waals surface area contributed by atoms with Crippen LogP contribution in [0.3, 0.4) is 0 Å². The molecule has 0 radical (unpaired) electrons. The van der Waals surface area contributed by atoms with Gasteiger partial charge in [-0.1, -0.05) is 12.8 Å². The lowest BCUT2D eigenvalue weighted by atomic mass is 10.2. The number of nitrogens with zero attached hydrogens (tertiary/aromatic N) is 2. The summed E-state index contributed by atoms with van der Waals surface area (Å²) < 4.78 is 0. The quantitative estimate of drug-likeness (QED) is 0.677. The summed E-state index contributed by atoms with van der Waals surface area (Å²) in [6.07, 6.45) is 3.11. The van der Waals surface area contributed by atoms with Gasteiger partial charge in [-0.15, -0.1) is 0 Å². The second kappa shape index (κ2) is 4.29. The topological polar surface area (TPSA) is 72.9 Å². The van der Waals surface area contributed by atoms with Gasteiger partial charge < -0.3 is 15.3 Å². The maximum absolute atomic E-state index is 11.8. The Balaban J connectivity index is 1.95. The predicted molar refractivity (Wildman–Crippen MR) is 56.7 cm³/mol. The van der Waals surface area contributed by atoms with Crippen molar-refractivity contribution in [3.8, 4) is 0 Å². The lowest BCUT2D eigenvalue weighted by molar-refractivity contribution is 0.0800. The molecule has 2 fully saturated rings. The van der Waals surface area contributed by atoms with Crippen molar-refractivity contribution in [3.63, 3.8) is 0 Å². The zero-order valence-electron chi connectivity index (χ0n) is 9.35. The number of carbonyl (C=O) groups is 2. The maximum atomic E-state index is 11.8. The molecule has 0 aromatic rings. The summed E-state index contributed by atoms with van der Waals surface area (Å²) >= 11 is 0. The monoisotopic (exact) mass is 227 g/mol. The van der Waals surface area contributed by atoms with Gasteiger partial charge in [-0.05, 0) is 12.8 Å². The van der Waals surface area contributed by atoms with Crippen molar-refractivity contribution in [1.82, 2.24) is 15.1 Å². The van der Waals surface area contributed by atoms with Crippen LogP contribution in [0.25, 0.3) is 0 Å². The first-order valence-corrected chi connectivity index (χ1v) is 5.62. The Morgan fingerprint density at radius 3 is 2.56 bits per heavy atom. The summed E-state index contributed by atoms with van der Waals surface area (Å²) in [7, 11) is 1.56. The Kier molecular flexibility index (Phi) is 3.00. The Labute approximate surface area is 94.2 Å². The molecular formula is C10H17N3O3. The van der Waals surface area contributed by atoms with Crippen LogP contribution in [0.5, 0.6) is 0 Å². The first kappa shape index (κ1) is 11.2. The van der Waals surface area contributed by atoms with Gasteiger partial charge in [0.15, 0.2) is 6.23 Å². The zero-order valence-corrected chi connectivity index (χ0v) is 9.35. The SMILES string of the molecule is CN1CC(O)N(C(=O)NC2CCCC2)C1=O. The lowest BCUT2D eigenvalue weighted by Crippen LogP contribution is -2.48. The van der Waals surface area contributed by atoms with E-state index < -0.39 is 18.3 Å². The molecule has 1 unspecified atom stereocenters. The summed E-state index contributed by atoms with van der Waals surface area (Å²) in [6, 6.07) is -0.768. The van der Waals surface area contributed by atoms with Gasteiger partial charge in [0.25, 0.3) is 0 Å². The number of hydrogen-bond acceptors (Lipinski definition) is 3. The van der Waals surface area contributed by atoms with Crippen LogP contribution in [0, 0.1) is 0 Å². The third-order valence-electron chi connectivity index (χ3n) is 3.17. The second-order valence-electron chi connectivity index (χ2n) is 4.44.